The van der Waals surface area contributed by atoms with Crippen molar-refractivity contribution in [3.63, 3.8) is 0 Å². The van der Waals surface area contributed by atoms with Crippen molar-refractivity contribution in [3.8, 4) is 28.6 Å². The third kappa shape index (κ3) is 4.49. The van der Waals surface area contributed by atoms with Crippen LogP contribution in [-0.2, 0) is 11.2 Å². The van der Waals surface area contributed by atoms with Gasteiger partial charge in [-0.05, 0) is 36.4 Å². The molecule has 1 aromatic heterocycles. The van der Waals surface area contributed by atoms with E-state index >= 15 is 0 Å². The van der Waals surface area contributed by atoms with Crippen molar-refractivity contribution in [1.82, 2.24) is 0 Å². The molecule has 29 heavy (non-hydrogen) atoms. The van der Waals surface area contributed by atoms with Crippen LogP contribution in [0.2, 0.25) is 5.02 Å². The van der Waals surface area contributed by atoms with Crippen LogP contribution in [0.3, 0.4) is 0 Å². The van der Waals surface area contributed by atoms with Gasteiger partial charge in [-0.1, -0.05) is 11.6 Å². The predicted molar refractivity (Wildman–Crippen MR) is 110 cm³/mol. The maximum absolute atomic E-state index is 12.4. The number of benzene rings is 2. The van der Waals surface area contributed by atoms with Crippen LogP contribution in [0.5, 0.6) is 17.2 Å². The minimum atomic E-state index is -0.161. The molecule has 0 unspecified atom stereocenters. The average molecular weight is 414 g/mol. The van der Waals surface area contributed by atoms with Gasteiger partial charge in [0.05, 0.1) is 17.8 Å². The van der Waals surface area contributed by atoms with Crippen LogP contribution in [0, 0.1) is 0 Å². The molecule has 1 amide bonds. The van der Waals surface area contributed by atoms with Crippen molar-refractivity contribution >= 4 is 23.2 Å². The molecule has 7 heteroatoms. The lowest BCUT2D eigenvalue weighted by molar-refractivity contribution is -0.116. The topological polar surface area (TPSA) is 69.9 Å². The SMILES string of the molecule is COc1ccc(-c2ccc(CCC(=O)Nc3cc4c(cc3Cl)OCCO4)o2)cc1. The van der Waals surface area contributed by atoms with Crippen LogP contribution in [0.4, 0.5) is 5.69 Å². The van der Waals surface area contributed by atoms with Gasteiger partial charge >= 0.3 is 0 Å². The highest BCUT2D eigenvalue weighted by molar-refractivity contribution is 6.34. The Morgan fingerprint density at radius 1 is 1.07 bits per heavy atom. The zero-order valence-corrected chi connectivity index (χ0v) is 16.6. The number of halogens is 1. The lowest BCUT2D eigenvalue weighted by Gasteiger charge is -2.20. The molecule has 6 nitrogen and oxygen atoms in total. The summed E-state index contributed by atoms with van der Waals surface area (Å²) in [4.78, 5) is 12.4. The van der Waals surface area contributed by atoms with Gasteiger partial charge in [-0.2, -0.15) is 0 Å². The Morgan fingerprint density at radius 3 is 2.52 bits per heavy atom. The van der Waals surface area contributed by atoms with E-state index in [0.717, 1.165) is 22.8 Å². The highest BCUT2D eigenvalue weighted by Gasteiger charge is 2.16. The molecule has 0 spiro atoms. The van der Waals surface area contributed by atoms with E-state index in [-0.39, 0.29) is 12.3 Å². The number of fused-ring (bicyclic) bond motifs is 1. The van der Waals surface area contributed by atoms with Crippen molar-refractivity contribution in [1.29, 1.82) is 0 Å². The number of hydrogen-bond donors (Lipinski definition) is 1. The largest absolute Gasteiger partial charge is 0.497 e. The number of hydrogen-bond acceptors (Lipinski definition) is 5. The van der Waals surface area contributed by atoms with E-state index in [1.54, 1.807) is 19.2 Å². The minimum Gasteiger partial charge on any atom is -0.497 e. The first-order chi connectivity index (χ1) is 14.1. The third-order valence-corrected chi connectivity index (χ3v) is 4.85. The number of aryl methyl sites for hydroxylation is 1. The molecular formula is C22H20ClNO5. The first kappa shape index (κ1) is 19.2. The van der Waals surface area contributed by atoms with Gasteiger partial charge in [0, 0.05) is 30.5 Å². The molecule has 0 fully saturated rings. The van der Waals surface area contributed by atoms with E-state index in [0.29, 0.717) is 41.8 Å². The predicted octanol–water partition coefficient (Wildman–Crippen LogP) is 4.95. The van der Waals surface area contributed by atoms with Crippen LogP contribution in [-0.4, -0.2) is 26.2 Å². The maximum atomic E-state index is 12.4. The Balaban J connectivity index is 1.36. The highest BCUT2D eigenvalue weighted by Crippen LogP contribution is 2.38. The monoisotopic (exact) mass is 413 g/mol. The first-order valence-electron chi connectivity index (χ1n) is 9.24. The zero-order valence-electron chi connectivity index (χ0n) is 15.9. The van der Waals surface area contributed by atoms with Crippen molar-refractivity contribution in [2.75, 3.05) is 25.6 Å². The summed E-state index contributed by atoms with van der Waals surface area (Å²) in [6.45, 7) is 0.952. The van der Waals surface area contributed by atoms with Gasteiger partial charge in [0.1, 0.15) is 30.5 Å². The number of methoxy groups -OCH3 is 1. The number of ether oxygens (including phenoxy) is 3. The van der Waals surface area contributed by atoms with Gasteiger partial charge < -0.3 is 23.9 Å². The fourth-order valence-electron chi connectivity index (χ4n) is 3.03. The number of rotatable bonds is 6. The Kier molecular flexibility index (Phi) is 5.62. The molecule has 150 valence electrons. The molecule has 0 bridgehead atoms. The summed E-state index contributed by atoms with van der Waals surface area (Å²) < 4.78 is 22.0. The molecule has 2 aromatic carbocycles. The molecule has 0 saturated heterocycles. The molecule has 1 aliphatic heterocycles. The van der Waals surface area contributed by atoms with E-state index in [1.807, 2.05) is 36.4 Å². The first-order valence-corrected chi connectivity index (χ1v) is 9.62. The van der Waals surface area contributed by atoms with Crippen LogP contribution < -0.4 is 19.5 Å². The summed E-state index contributed by atoms with van der Waals surface area (Å²) in [6.07, 6.45) is 0.741. The molecule has 1 N–H and O–H groups in total. The molecule has 2 heterocycles. The molecule has 0 radical (unpaired) electrons. The molecule has 4 rings (SSSR count). The normalized spacial score (nSPS) is 12.5. The quantitative estimate of drug-likeness (QED) is 0.619. The van der Waals surface area contributed by atoms with Crippen molar-refractivity contribution in [2.45, 2.75) is 12.8 Å². The molecule has 3 aromatic rings. The fourth-order valence-corrected chi connectivity index (χ4v) is 3.23. The number of nitrogens with one attached hydrogen (secondary N) is 1. The second kappa shape index (κ2) is 8.49. The van der Waals surface area contributed by atoms with E-state index in [4.69, 9.17) is 30.2 Å². The number of furan rings is 1. The average Bonchev–Trinajstić information content (AvgIpc) is 3.22. The molecule has 0 aliphatic carbocycles. The van der Waals surface area contributed by atoms with Crippen molar-refractivity contribution in [2.24, 2.45) is 0 Å². The lowest BCUT2D eigenvalue weighted by Crippen LogP contribution is -2.17. The molecule has 0 saturated carbocycles. The second-order valence-electron chi connectivity index (χ2n) is 6.52. The van der Waals surface area contributed by atoms with Gasteiger partial charge in [0.2, 0.25) is 5.91 Å². The van der Waals surface area contributed by atoms with Gasteiger partial charge in [0.25, 0.3) is 0 Å². The molecule has 1 aliphatic rings. The van der Waals surface area contributed by atoms with Gasteiger partial charge in [-0.3, -0.25) is 4.79 Å². The van der Waals surface area contributed by atoms with Gasteiger partial charge in [-0.15, -0.1) is 0 Å². The zero-order chi connectivity index (χ0) is 20.2. The van der Waals surface area contributed by atoms with Crippen LogP contribution in [0.25, 0.3) is 11.3 Å². The molecular weight excluding hydrogens is 394 g/mol. The van der Waals surface area contributed by atoms with Crippen molar-refractivity contribution < 1.29 is 23.4 Å². The van der Waals surface area contributed by atoms with E-state index in [2.05, 4.69) is 5.32 Å². The van der Waals surface area contributed by atoms with Crippen LogP contribution in [0.15, 0.2) is 52.9 Å². The Labute approximate surface area is 173 Å². The van der Waals surface area contributed by atoms with Gasteiger partial charge in [0.15, 0.2) is 11.5 Å². The minimum absolute atomic E-state index is 0.161. The third-order valence-electron chi connectivity index (χ3n) is 4.54. The standard InChI is InChI=1S/C22H20ClNO5/c1-26-15-4-2-14(3-5-15)19-8-6-16(29-19)7-9-22(25)24-18-13-21-20(12-17(18)23)27-10-11-28-21/h2-6,8,12-13H,7,9-11H2,1H3,(H,24,25). The number of amides is 1. The van der Waals surface area contributed by atoms with Crippen molar-refractivity contribution in [3.05, 3.63) is 59.3 Å². The van der Waals surface area contributed by atoms with E-state index in [9.17, 15) is 4.79 Å². The Hall–Kier alpha value is -3.12. The summed E-state index contributed by atoms with van der Waals surface area (Å²) in [7, 11) is 1.63. The Morgan fingerprint density at radius 2 is 1.79 bits per heavy atom. The fraction of sp³-hybridized carbons (Fsp3) is 0.227. The second-order valence-corrected chi connectivity index (χ2v) is 6.93. The number of carbonyl (C=O) groups is 1. The van der Waals surface area contributed by atoms with E-state index in [1.165, 1.54) is 0 Å². The summed E-state index contributed by atoms with van der Waals surface area (Å²) in [5.74, 6) is 3.27. The van der Waals surface area contributed by atoms with Crippen LogP contribution in [0.1, 0.15) is 12.2 Å². The maximum Gasteiger partial charge on any atom is 0.224 e. The molecule has 0 atom stereocenters. The summed E-state index contributed by atoms with van der Waals surface area (Å²) in [6, 6.07) is 14.7. The lowest BCUT2D eigenvalue weighted by atomic mass is 10.2. The number of anilines is 1. The Bertz CT molecular complexity index is 1010. The van der Waals surface area contributed by atoms with Gasteiger partial charge in [-0.25, -0.2) is 0 Å². The smallest absolute Gasteiger partial charge is 0.224 e. The summed E-state index contributed by atoms with van der Waals surface area (Å²) in [5.41, 5.74) is 1.45. The summed E-state index contributed by atoms with van der Waals surface area (Å²) in [5, 5.41) is 3.22. The van der Waals surface area contributed by atoms with E-state index < -0.39 is 0 Å². The summed E-state index contributed by atoms with van der Waals surface area (Å²) >= 11 is 6.24. The number of carbonyl (C=O) groups excluding carboxylic acids is 1. The van der Waals surface area contributed by atoms with Crippen LogP contribution >= 0.6 is 11.6 Å². The highest BCUT2D eigenvalue weighted by atomic mass is 35.5.